The second kappa shape index (κ2) is 6.79. The largest absolute Gasteiger partial charge is 0.480 e. The highest BCUT2D eigenvalue weighted by molar-refractivity contribution is 5.82. The smallest absolute Gasteiger partial charge is 0.260 e. The van der Waals surface area contributed by atoms with Crippen LogP contribution in [0.3, 0.4) is 0 Å². The quantitative estimate of drug-likeness (QED) is 0.785. The molecule has 0 bridgehead atoms. The summed E-state index contributed by atoms with van der Waals surface area (Å²) in [4.78, 5) is 22.6. The van der Waals surface area contributed by atoms with Crippen molar-refractivity contribution in [3.63, 3.8) is 0 Å². The number of hydrogen-bond acceptors (Lipinski definition) is 3. The summed E-state index contributed by atoms with van der Waals surface area (Å²) < 4.78 is 5.51. The summed E-state index contributed by atoms with van der Waals surface area (Å²) in [6.07, 6.45) is 1.000. The number of benzene rings is 1. The third kappa shape index (κ3) is 3.87. The number of carbonyl (C=O) groups is 2. The van der Waals surface area contributed by atoms with E-state index in [0.717, 1.165) is 18.3 Å². The lowest BCUT2D eigenvalue weighted by atomic mass is 10.1. The van der Waals surface area contributed by atoms with Crippen LogP contribution in [0.2, 0.25) is 0 Å². The third-order valence-electron chi connectivity index (χ3n) is 2.51. The number of nitrogens with one attached hydrogen (secondary N) is 1. The van der Waals surface area contributed by atoms with Crippen LogP contribution in [0.25, 0.3) is 0 Å². The third-order valence-corrected chi connectivity index (χ3v) is 2.51. The van der Waals surface area contributed by atoms with Gasteiger partial charge in [0.2, 0.25) is 0 Å². The van der Waals surface area contributed by atoms with Gasteiger partial charge in [0.05, 0.1) is 5.56 Å². The van der Waals surface area contributed by atoms with Crippen molar-refractivity contribution in [1.82, 2.24) is 5.32 Å². The topological polar surface area (TPSA) is 55.4 Å². The Labute approximate surface area is 107 Å². The molecule has 1 amide bonds. The van der Waals surface area contributed by atoms with Crippen molar-refractivity contribution in [2.75, 3.05) is 6.54 Å². The summed E-state index contributed by atoms with van der Waals surface area (Å²) in [5, 5.41) is 2.75. The first-order chi connectivity index (χ1) is 8.58. The van der Waals surface area contributed by atoms with Crippen LogP contribution in [0.4, 0.5) is 0 Å². The molecule has 0 aliphatic rings. The highest BCUT2D eigenvalue weighted by atomic mass is 16.5. The molecular formula is C14H19NO3. The monoisotopic (exact) mass is 249 g/mol. The van der Waals surface area contributed by atoms with E-state index in [1.165, 1.54) is 0 Å². The summed E-state index contributed by atoms with van der Waals surface area (Å²) in [5.41, 5.74) is 1.44. The fourth-order valence-corrected chi connectivity index (χ4v) is 1.50. The Morgan fingerprint density at radius 3 is 2.83 bits per heavy atom. The number of amides is 1. The van der Waals surface area contributed by atoms with Gasteiger partial charge in [0, 0.05) is 6.54 Å². The predicted molar refractivity (Wildman–Crippen MR) is 70.0 cm³/mol. The van der Waals surface area contributed by atoms with Crippen molar-refractivity contribution in [2.24, 2.45) is 0 Å². The normalized spacial score (nSPS) is 11.7. The summed E-state index contributed by atoms with van der Waals surface area (Å²) in [6, 6.07) is 5.29. The lowest BCUT2D eigenvalue weighted by Gasteiger charge is -2.15. The lowest BCUT2D eigenvalue weighted by Crippen LogP contribution is -2.36. The molecular weight excluding hydrogens is 230 g/mol. The molecule has 1 aromatic carbocycles. The Morgan fingerprint density at radius 2 is 2.22 bits per heavy atom. The Kier molecular flexibility index (Phi) is 5.36. The standard InChI is InChI=1S/C14H19NO3/c1-4-7-15-14(17)11(3)18-13-6-5-10(2)8-12(13)9-16/h5-6,8-9,11H,4,7H2,1-3H3,(H,15,17). The predicted octanol–water partition coefficient (Wildman–Crippen LogP) is 2.10. The molecule has 98 valence electrons. The van der Waals surface area contributed by atoms with E-state index in [2.05, 4.69) is 5.32 Å². The molecule has 4 heteroatoms. The van der Waals surface area contributed by atoms with Gasteiger partial charge < -0.3 is 10.1 Å². The van der Waals surface area contributed by atoms with Crippen LogP contribution in [-0.2, 0) is 4.79 Å². The number of hydrogen-bond donors (Lipinski definition) is 1. The maximum absolute atomic E-state index is 11.6. The van der Waals surface area contributed by atoms with Gasteiger partial charge in [0.1, 0.15) is 5.75 Å². The van der Waals surface area contributed by atoms with Gasteiger partial charge in [0.15, 0.2) is 12.4 Å². The van der Waals surface area contributed by atoms with Crippen LogP contribution in [0.5, 0.6) is 5.75 Å². The van der Waals surface area contributed by atoms with Crippen LogP contribution in [0.1, 0.15) is 36.2 Å². The minimum absolute atomic E-state index is 0.172. The van der Waals surface area contributed by atoms with E-state index >= 15 is 0 Å². The molecule has 1 aromatic rings. The maximum Gasteiger partial charge on any atom is 0.260 e. The highest BCUT2D eigenvalue weighted by Gasteiger charge is 2.15. The maximum atomic E-state index is 11.6. The van der Waals surface area contributed by atoms with Crippen molar-refractivity contribution < 1.29 is 14.3 Å². The van der Waals surface area contributed by atoms with Crippen molar-refractivity contribution in [3.8, 4) is 5.75 Å². The zero-order valence-corrected chi connectivity index (χ0v) is 11.0. The van der Waals surface area contributed by atoms with Crippen LogP contribution in [0.15, 0.2) is 18.2 Å². The first-order valence-corrected chi connectivity index (χ1v) is 6.08. The number of carbonyl (C=O) groups excluding carboxylic acids is 2. The minimum atomic E-state index is -0.613. The van der Waals surface area contributed by atoms with E-state index in [4.69, 9.17) is 4.74 Å². The molecule has 0 saturated carbocycles. The Bertz CT molecular complexity index is 429. The summed E-state index contributed by atoms with van der Waals surface area (Å²) in [6.45, 7) is 6.17. The van der Waals surface area contributed by atoms with Gasteiger partial charge in [-0.15, -0.1) is 0 Å². The van der Waals surface area contributed by atoms with Crippen LogP contribution in [-0.4, -0.2) is 24.8 Å². The minimum Gasteiger partial charge on any atom is -0.480 e. The molecule has 4 nitrogen and oxygen atoms in total. The average molecular weight is 249 g/mol. The van der Waals surface area contributed by atoms with Gasteiger partial charge >= 0.3 is 0 Å². The Hall–Kier alpha value is -1.84. The molecule has 1 atom stereocenters. The Morgan fingerprint density at radius 1 is 1.50 bits per heavy atom. The molecule has 0 fully saturated rings. The van der Waals surface area contributed by atoms with Crippen molar-refractivity contribution in [2.45, 2.75) is 33.3 Å². The second-order valence-electron chi connectivity index (χ2n) is 4.21. The van der Waals surface area contributed by atoms with Gasteiger partial charge in [-0.25, -0.2) is 0 Å². The molecule has 1 N–H and O–H groups in total. The van der Waals surface area contributed by atoms with E-state index in [1.807, 2.05) is 19.9 Å². The molecule has 0 aromatic heterocycles. The lowest BCUT2D eigenvalue weighted by molar-refractivity contribution is -0.127. The van der Waals surface area contributed by atoms with E-state index in [0.29, 0.717) is 17.9 Å². The molecule has 0 aliphatic heterocycles. The van der Waals surface area contributed by atoms with Crippen LogP contribution < -0.4 is 10.1 Å². The van der Waals surface area contributed by atoms with E-state index in [1.54, 1.807) is 19.1 Å². The van der Waals surface area contributed by atoms with Gasteiger partial charge in [-0.2, -0.15) is 0 Å². The van der Waals surface area contributed by atoms with Crippen molar-refractivity contribution >= 4 is 12.2 Å². The molecule has 0 saturated heterocycles. The van der Waals surface area contributed by atoms with Gasteiger partial charge in [-0.05, 0) is 32.4 Å². The molecule has 0 heterocycles. The Balaban J connectivity index is 2.72. The van der Waals surface area contributed by atoms with E-state index in [-0.39, 0.29) is 5.91 Å². The first kappa shape index (κ1) is 14.2. The number of rotatable bonds is 6. The van der Waals surface area contributed by atoms with Crippen LogP contribution >= 0.6 is 0 Å². The summed E-state index contributed by atoms with van der Waals surface area (Å²) in [7, 11) is 0. The average Bonchev–Trinajstić information content (AvgIpc) is 2.37. The summed E-state index contributed by atoms with van der Waals surface area (Å²) >= 11 is 0. The van der Waals surface area contributed by atoms with Gasteiger partial charge in [-0.1, -0.05) is 18.6 Å². The van der Waals surface area contributed by atoms with Gasteiger partial charge in [0.25, 0.3) is 5.91 Å². The van der Waals surface area contributed by atoms with E-state index < -0.39 is 6.10 Å². The zero-order chi connectivity index (χ0) is 13.5. The van der Waals surface area contributed by atoms with Gasteiger partial charge in [-0.3, -0.25) is 9.59 Å². The number of aldehydes is 1. The fraction of sp³-hybridized carbons (Fsp3) is 0.429. The number of aryl methyl sites for hydroxylation is 1. The molecule has 0 radical (unpaired) electrons. The highest BCUT2D eigenvalue weighted by Crippen LogP contribution is 2.19. The molecule has 1 unspecified atom stereocenters. The molecule has 1 rings (SSSR count). The number of ether oxygens (including phenoxy) is 1. The summed E-state index contributed by atoms with van der Waals surface area (Å²) in [5.74, 6) is 0.268. The molecule has 0 aliphatic carbocycles. The fourth-order valence-electron chi connectivity index (χ4n) is 1.50. The second-order valence-corrected chi connectivity index (χ2v) is 4.21. The van der Waals surface area contributed by atoms with E-state index in [9.17, 15) is 9.59 Å². The SMILES string of the molecule is CCCNC(=O)C(C)Oc1ccc(C)cc1C=O. The first-order valence-electron chi connectivity index (χ1n) is 6.08. The molecule has 0 spiro atoms. The van der Waals surface area contributed by atoms with Crippen molar-refractivity contribution in [1.29, 1.82) is 0 Å². The molecule has 18 heavy (non-hydrogen) atoms. The zero-order valence-electron chi connectivity index (χ0n) is 11.0. The van der Waals surface area contributed by atoms with Crippen LogP contribution in [0, 0.1) is 6.92 Å². The van der Waals surface area contributed by atoms with Crippen molar-refractivity contribution in [3.05, 3.63) is 29.3 Å².